The van der Waals surface area contributed by atoms with Gasteiger partial charge in [-0.3, -0.25) is 4.79 Å². The zero-order valence-corrected chi connectivity index (χ0v) is 18.3. The lowest BCUT2D eigenvalue weighted by Gasteiger charge is -2.18. The van der Waals surface area contributed by atoms with E-state index in [0.717, 1.165) is 34.5 Å². The zero-order chi connectivity index (χ0) is 21.0. The molecule has 1 N–H and O–H groups in total. The number of amides is 1. The smallest absolute Gasteiger partial charge is 0.237 e. The van der Waals surface area contributed by atoms with Gasteiger partial charge in [-0.25, -0.2) is 0 Å². The summed E-state index contributed by atoms with van der Waals surface area (Å²) in [7, 11) is 0. The van der Waals surface area contributed by atoms with Crippen LogP contribution in [0.25, 0.3) is 5.69 Å². The molecule has 0 bridgehead atoms. The molecular formula is C22H27N5OS. The van der Waals surface area contributed by atoms with Crippen LogP contribution in [0, 0.1) is 13.8 Å². The summed E-state index contributed by atoms with van der Waals surface area (Å²) in [4.78, 5) is 12.9. The maximum absolute atomic E-state index is 12.9. The van der Waals surface area contributed by atoms with Crippen molar-refractivity contribution in [1.29, 1.82) is 0 Å². The minimum absolute atomic E-state index is 0.0678. The van der Waals surface area contributed by atoms with Crippen LogP contribution in [0.4, 0.5) is 5.69 Å². The van der Waals surface area contributed by atoms with E-state index in [1.807, 2.05) is 57.2 Å². The van der Waals surface area contributed by atoms with E-state index in [1.165, 1.54) is 11.8 Å². The normalized spacial score (nSPS) is 13.1. The van der Waals surface area contributed by atoms with Crippen molar-refractivity contribution < 1.29 is 4.79 Å². The van der Waals surface area contributed by atoms with Crippen molar-refractivity contribution in [3.63, 3.8) is 0 Å². The lowest BCUT2D eigenvalue weighted by Crippen LogP contribution is -2.24. The van der Waals surface area contributed by atoms with Crippen LogP contribution in [0.3, 0.4) is 0 Å². The number of rotatable bonds is 7. The van der Waals surface area contributed by atoms with Crippen LogP contribution in [0.5, 0.6) is 0 Å². The molecule has 0 fully saturated rings. The minimum Gasteiger partial charge on any atom is -0.325 e. The number of hydrogen-bond donors (Lipinski definition) is 1. The van der Waals surface area contributed by atoms with Gasteiger partial charge in [0.05, 0.1) is 10.9 Å². The second-order valence-electron chi connectivity index (χ2n) is 7.26. The molecule has 0 unspecified atom stereocenters. The SMILES string of the molecule is CC[C@H](C)c1ccccc1NC(=O)[C@@H](C)Sc1nnnn1-c1c(C)cccc1C. The molecule has 1 amide bonds. The molecule has 0 spiro atoms. The predicted molar refractivity (Wildman–Crippen MR) is 118 cm³/mol. The number of aromatic nitrogens is 4. The van der Waals surface area contributed by atoms with Gasteiger partial charge >= 0.3 is 0 Å². The van der Waals surface area contributed by atoms with Gasteiger partial charge < -0.3 is 5.32 Å². The molecule has 1 heterocycles. The molecular weight excluding hydrogens is 382 g/mol. The molecule has 0 radical (unpaired) electrons. The van der Waals surface area contributed by atoms with Crippen LogP contribution >= 0.6 is 11.8 Å². The number of hydrogen-bond acceptors (Lipinski definition) is 5. The summed E-state index contributed by atoms with van der Waals surface area (Å²) in [5.41, 5.74) is 5.14. The second kappa shape index (κ2) is 9.22. The Morgan fingerprint density at radius 2 is 1.79 bits per heavy atom. The second-order valence-corrected chi connectivity index (χ2v) is 8.57. The lowest BCUT2D eigenvalue weighted by atomic mass is 9.97. The van der Waals surface area contributed by atoms with Crippen LogP contribution in [0.15, 0.2) is 47.6 Å². The van der Waals surface area contributed by atoms with Crippen LogP contribution in [-0.2, 0) is 4.79 Å². The summed E-state index contributed by atoms with van der Waals surface area (Å²) in [6.45, 7) is 10.2. The molecule has 0 saturated carbocycles. The van der Waals surface area contributed by atoms with Gasteiger partial charge in [0, 0.05) is 5.69 Å². The first-order chi connectivity index (χ1) is 13.9. The highest BCUT2D eigenvalue weighted by Crippen LogP contribution is 2.29. The van der Waals surface area contributed by atoms with Gasteiger partial charge in [0.2, 0.25) is 11.1 Å². The predicted octanol–water partition coefficient (Wildman–Crippen LogP) is 4.91. The first-order valence-corrected chi connectivity index (χ1v) is 10.7. The number of carbonyl (C=O) groups is 1. The Labute approximate surface area is 176 Å². The molecule has 0 saturated heterocycles. The molecule has 3 rings (SSSR count). The van der Waals surface area contributed by atoms with Crippen molar-refractivity contribution in [2.75, 3.05) is 5.32 Å². The molecule has 7 heteroatoms. The summed E-state index contributed by atoms with van der Waals surface area (Å²) in [6, 6.07) is 14.0. The molecule has 0 aliphatic carbocycles. The zero-order valence-electron chi connectivity index (χ0n) is 17.5. The largest absolute Gasteiger partial charge is 0.325 e. The van der Waals surface area contributed by atoms with Crippen molar-refractivity contribution in [3.8, 4) is 5.69 Å². The highest BCUT2D eigenvalue weighted by molar-refractivity contribution is 8.00. The van der Waals surface area contributed by atoms with Crippen LogP contribution in [0.2, 0.25) is 0 Å². The van der Waals surface area contributed by atoms with Gasteiger partial charge in [-0.05, 0) is 66.3 Å². The number of tetrazole rings is 1. The fraction of sp³-hybridized carbons (Fsp3) is 0.364. The van der Waals surface area contributed by atoms with Crippen molar-refractivity contribution in [3.05, 3.63) is 59.2 Å². The molecule has 0 aliphatic heterocycles. The lowest BCUT2D eigenvalue weighted by molar-refractivity contribution is -0.115. The highest BCUT2D eigenvalue weighted by atomic mass is 32.2. The Bertz CT molecular complexity index is 980. The number of thioether (sulfide) groups is 1. The van der Waals surface area contributed by atoms with E-state index in [2.05, 4.69) is 40.8 Å². The third kappa shape index (κ3) is 4.67. The Kier molecular flexibility index (Phi) is 6.69. The first-order valence-electron chi connectivity index (χ1n) is 9.83. The number of nitrogens with zero attached hydrogens (tertiary/aromatic N) is 4. The first kappa shape index (κ1) is 21.0. The number of nitrogens with one attached hydrogen (secondary N) is 1. The van der Waals surface area contributed by atoms with E-state index in [1.54, 1.807) is 4.68 Å². The van der Waals surface area contributed by atoms with Crippen LogP contribution in [0.1, 0.15) is 49.8 Å². The third-order valence-electron chi connectivity index (χ3n) is 5.11. The molecule has 29 heavy (non-hydrogen) atoms. The number of para-hydroxylation sites is 2. The van der Waals surface area contributed by atoms with E-state index in [0.29, 0.717) is 11.1 Å². The van der Waals surface area contributed by atoms with Crippen molar-refractivity contribution in [2.24, 2.45) is 0 Å². The van der Waals surface area contributed by atoms with Gasteiger partial charge in [-0.2, -0.15) is 4.68 Å². The Hall–Kier alpha value is -2.67. The van der Waals surface area contributed by atoms with Gasteiger partial charge in [-0.1, -0.05) is 62.0 Å². The van der Waals surface area contributed by atoms with Crippen molar-refractivity contribution in [1.82, 2.24) is 20.2 Å². The van der Waals surface area contributed by atoms with E-state index in [4.69, 9.17) is 0 Å². The number of benzene rings is 2. The van der Waals surface area contributed by atoms with Crippen LogP contribution in [-0.4, -0.2) is 31.4 Å². The minimum atomic E-state index is -0.353. The average molecular weight is 410 g/mol. The summed E-state index contributed by atoms with van der Waals surface area (Å²) in [5.74, 6) is 0.313. The maximum atomic E-state index is 12.9. The van der Waals surface area contributed by atoms with E-state index < -0.39 is 0 Å². The molecule has 2 atom stereocenters. The molecule has 3 aromatic rings. The topological polar surface area (TPSA) is 72.7 Å². The fourth-order valence-corrected chi connectivity index (χ4v) is 4.03. The molecule has 152 valence electrons. The number of anilines is 1. The molecule has 6 nitrogen and oxygen atoms in total. The molecule has 1 aromatic heterocycles. The molecule has 2 aromatic carbocycles. The summed E-state index contributed by atoms with van der Waals surface area (Å²) >= 11 is 1.35. The highest BCUT2D eigenvalue weighted by Gasteiger charge is 2.21. The van der Waals surface area contributed by atoms with Crippen LogP contribution < -0.4 is 5.32 Å². The Morgan fingerprint density at radius 3 is 2.48 bits per heavy atom. The standard InChI is InChI=1S/C22H27N5OS/c1-6-14(2)18-12-7-8-13-19(18)23-21(28)17(5)29-22-24-25-26-27(22)20-15(3)10-9-11-16(20)4/h7-14,17H,6H2,1-5H3,(H,23,28)/t14-,17+/m0/s1. The fourth-order valence-electron chi connectivity index (χ4n) is 3.24. The third-order valence-corrected chi connectivity index (χ3v) is 6.14. The molecule has 0 aliphatic rings. The van der Waals surface area contributed by atoms with Gasteiger partial charge in [0.15, 0.2) is 0 Å². The van der Waals surface area contributed by atoms with Gasteiger partial charge in [-0.15, -0.1) is 5.10 Å². The van der Waals surface area contributed by atoms with Gasteiger partial charge in [0.1, 0.15) is 0 Å². The van der Waals surface area contributed by atoms with E-state index >= 15 is 0 Å². The Balaban J connectivity index is 1.78. The number of carbonyl (C=O) groups excluding carboxylic acids is 1. The van der Waals surface area contributed by atoms with Crippen molar-refractivity contribution >= 4 is 23.4 Å². The van der Waals surface area contributed by atoms with E-state index in [-0.39, 0.29) is 11.2 Å². The van der Waals surface area contributed by atoms with E-state index in [9.17, 15) is 4.79 Å². The maximum Gasteiger partial charge on any atom is 0.237 e. The average Bonchev–Trinajstić information content (AvgIpc) is 3.15. The van der Waals surface area contributed by atoms with Gasteiger partial charge in [0.25, 0.3) is 0 Å². The number of aryl methyl sites for hydroxylation is 2. The summed E-state index contributed by atoms with van der Waals surface area (Å²) in [5, 5.41) is 15.5. The summed E-state index contributed by atoms with van der Waals surface area (Å²) in [6.07, 6.45) is 1.02. The van der Waals surface area contributed by atoms with Crippen molar-refractivity contribution in [2.45, 2.75) is 57.4 Å². The summed E-state index contributed by atoms with van der Waals surface area (Å²) < 4.78 is 1.71. The Morgan fingerprint density at radius 1 is 1.10 bits per heavy atom. The monoisotopic (exact) mass is 409 g/mol. The quantitative estimate of drug-likeness (QED) is 0.561.